The van der Waals surface area contributed by atoms with Gasteiger partial charge in [-0.2, -0.15) is 4.98 Å². The summed E-state index contributed by atoms with van der Waals surface area (Å²) in [6.45, 7) is 5.62. The van der Waals surface area contributed by atoms with Crippen molar-refractivity contribution in [3.8, 4) is 22.8 Å². The maximum atomic E-state index is 11.6. The second kappa shape index (κ2) is 6.68. The number of hydrogen-bond donors (Lipinski definition) is 1. The molecule has 3 aromatic rings. The monoisotopic (exact) mass is 357 g/mol. The predicted octanol–water partition coefficient (Wildman–Crippen LogP) is 3.78. The Balaban J connectivity index is 1.85. The molecule has 0 fully saturated rings. The molecule has 3 rings (SSSR count). The van der Waals surface area contributed by atoms with Gasteiger partial charge in [0.05, 0.1) is 5.75 Å². The molecule has 0 radical (unpaired) electrons. The molecule has 0 aliphatic rings. The number of aryl methyl sites for hydroxylation is 2. The lowest BCUT2D eigenvalue weighted by Crippen LogP contribution is -2.14. The SMILES string of the molecule is CCS(=O)(=O)Nc1ccc(-c2noc(-c3cc(C)cc(C)c3)n2)cc1. The molecule has 0 bridgehead atoms. The highest BCUT2D eigenvalue weighted by atomic mass is 32.2. The van der Waals surface area contributed by atoms with Gasteiger partial charge in [-0.25, -0.2) is 8.42 Å². The summed E-state index contributed by atoms with van der Waals surface area (Å²) in [5, 5.41) is 4.02. The van der Waals surface area contributed by atoms with Crippen LogP contribution in [0.1, 0.15) is 18.1 Å². The second-order valence-electron chi connectivity index (χ2n) is 5.88. The van der Waals surface area contributed by atoms with Crippen molar-refractivity contribution < 1.29 is 12.9 Å². The second-order valence-corrected chi connectivity index (χ2v) is 7.89. The van der Waals surface area contributed by atoms with Crippen LogP contribution < -0.4 is 4.72 Å². The fourth-order valence-corrected chi connectivity index (χ4v) is 3.13. The molecular formula is C18H19N3O3S. The van der Waals surface area contributed by atoms with E-state index >= 15 is 0 Å². The van der Waals surface area contributed by atoms with Gasteiger partial charge in [0.1, 0.15) is 0 Å². The van der Waals surface area contributed by atoms with Gasteiger partial charge in [-0.1, -0.05) is 22.3 Å². The van der Waals surface area contributed by atoms with Crippen molar-refractivity contribution >= 4 is 15.7 Å². The van der Waals surface area contributed by atoms with Crippen molar-refractivity contribution in [2.24, 2.45) is 0 Å². The van der Waals surface area contributed by atoms with Crippen molar-refractivity contribution in [3.05, 3.63) is 53.6 Å². The van der Waals surface area contributed by atoms with E-state index in [1.54, 1.807) is 31.2 Å². The van der Waals surface area contributed by atoms with E-state index in [4.69, 9.17) is 4.52 Å². The number of rotatable bonds is 5. The molecule has 2 aromatic carbocycles. The number of nitrogens with zero attached hydrogens (tertiary/aromatic N) is 2. The minimum Gasteiger partial charge on any atom is -0.334 e. The zero-order valence-corrected chi connectivity index (χ0v) is 15.1. The first-order valence-electron chi connectivity index (χ1n) is 7.89. The predicted molar refractivity (Wildman–Crippen MR) is 97.7 cm³/mol. The van der Waals surface area contributed by atoms with Crippen LogP contribution in [0, 0.1) is 13.8 Å². The number of anilines is 1. The average Bonchev–Trinajstić information content (AvgIpc) is 3.04. The molecule has 1 N–H and O–H groups in total. The summed E-state index contributed by atoms with van der Waals surface area (Å²) >= 11 is 0. The first kappa shape index (κ1) is 17.2. The van der Waals surface area contributed by atoms with Gasteiger partial charge in [0, 0.05) is 16.8 Å². The lowest BCUT2D eigenvalue weighted by Gasteiger charge is -2.05. The van der Waals surface area contributed by atoms with Crippen molar-refractivity contribution in [1.82, 2.24) is 10.1 Å². The molecule has 0 amide bonds. The topological polar surface area (TPSA) is 85.1 Å². The van der Waals surface area contributed by atoms with E-state index in [9.17, 15) is 8.42 Å². The van der Waals surface area contributed by atoms with Gasteiger partial charge >= 0.3 is 0 Å². The van der Waals surface area contributed by atoms with Crippen LogP contribution in [0.2, 0.25) is 0 Å². The Labute approximate surface area is 147 Å². The molecule has 130 valence electrons. The van der Waals surface area contributed by atoms with E-state index in [2.05, 4.69) is 20.9 Å². The zero-order chi connectivity index (χ0) is 18.0. The maximum absolute atomic E-state index is 11.6. The Bertz CT molecular complexity index is 972. The Morgan fingerprint density at radius 3 is 2.24 bits per heavy atom. The Hall–Kier alpha value is -2.67. The minimum absolute atomic E-state index is 0.0266. The summed E-state index contributed by atoms with van der Waals surface area (Å²) in [7, 11) is -3.29. The van der Waals surface area contributed by atoms with Crippen molar-refractivity contribution in [2.45, 2.75) is 20.8 Å². The fourth-order valence-electron chi connectivity index (χ4n) is 2.50. The largest absolute Gasteiger partial charge is 0.334 e. The van der Waals surface area contributed by atoms with E-state index in [0.717, 1.165) is 22.3 Å². The summed E-state index contributed by atoms with van der Waals surface area (Å²) < 4.78 is 31.0. The molecule has 25 heavy (non-hydrogen) atoms. The summed E-state index contributed by atoms with van der Waals surface area (Å²) in [4.78, 5) is 4.44. The molecule has 0 unspecified atom stereocenters. The summed E-state index contributed by atoms with van der Waals surface area (Å²) in [6.07, 6.45) is 0. The molecule has 1 heterocycles. The van der Waals surface area contributed by atoms with Crippen LogP contribution in [0.4, 0.5) is 5.69 Å². The number of nitrogens with one attached hydrogen (secondary N) is 1. The number of aromatic nitrogens is 2. The quantitative estimate of drug-likeness (QED) is 0.751. The normalized spacial score (nSPS) is 11.5. The minimum atomic E-state index is -3.29. The standard InChI is InChI=1S/C18H19N3O3S/c1-4-25(22,23)21-16-7-5-14(6-8-16)17-19-18(24-20-17)15-10-12(2)9-13(3)11-15/h5-11,21H,4H2,1-3H3. The van der Waals surface area contributed by atoms with Gasteiger partial charge in [0.15, 0.2) is 0 Å². The van der Waals surface area contributed by atoms with E-state index in [-0.39, 0.29) is 5.75 Å². The first-order chi connectivity index (χ1) is 11.9. The van der Waals surface area contributed by atoms with Crippen LogP contribution in [0.3, 0.4) is 0 Å². The van der Waals surface area contributed by atoms with Gasteiger partial charge in [-0.15, -0.1) is 0 Å². The summed E-state index contributed by atoms with van der Waals surface area (Å²) in [5.74, 6) is 0.940. The van der Waals surface area contributed by atoms with Crippen LogP contribution in [0.25, 0.3) is 22.8 Å². The molecule has 1 aromatic heterocycles. The van der Waals surface area contributed by atoms with E-state index in [0.29, 0.717) is 17.4 Å². The Kier molecular flexibility index (Phi) is 4.59. The van der Waals surface area contributed by atoms with E-state index in [1.165, 1.54) is 0 Å². The number of benzene rings is 2. The Morgan fingerprint density at radius 1 is 1.00 bits per heavy atom. The molecule has 0 aliphatic carbocycles. The van der Waals surface area contributed by atoms with Gasteiger partial charge in [0.25, 0.3) is 5.89 Å². The third-order valence-corrected chi connectivity index (χ3v) is 5.00. The fraction of sp³-hybridized carbons (Fsp3) is 0.222. The highest BCUT2D eigenvalue weighted by Gasteiger charge is 2.12. The van der Waals surface area contributed by atoms with Crippen molar-refractivity contribution in [1.29, 1.82) is 0 Å². The van der Waals surface area contributed by atoms with Gasteiger partial charge in [-0.05, 0) is 57.2 Å². The van der Waals surface area contributed by atoms with Crippen LogP contribution in [0.5, 0.6) is 0 Å². The molecule has 6 nitrogen and oxygen atoms in total. The molecular weight excluding hydrogens is 338 g/mol. The van der Waals surface area contributed by atoms with Crippen molar-refractivity contribution in [3.63, 3.8) is 0 Å². The van der Waals surface area contributed by atoms with Crippen LogP contribution in [0.15, 0.2) is 47.0 Å². The number of sulfonamides is 1. The highest BCUT2D eigenvalue weighted by Crippen LogP contribution is 2.25. The van der Waals surface area contributed by atoms with Crippen molar-refractivity contribution in [2.75, 3.05) is 10.5 Å². The Morgan fingerprint density at radius 2 is 1.64 bits per heavy atom. The summed E-state index contributed by atoms with van der Waals surface area (Å²) in [6, 6.07) is 12.9. The van der Waals surface area contributed by atoms with Gasteiger partial charge in [-0.3, -0.25) is 4.72 Å². The lowest BCUT2D eigenvalue weighted by atomic mass is 10.1. The molecule has 0 atom stereocenters. The third kappa shape index (κ3) is 4.06. The lowest BCUT2D eigenvalue weighted by molar-refractivity contribution is 0.432. The average molecular weight is 357 g/mol. The van der Waals surface area contributed by atoms with Crippen LogP contribution in [-0.4, -0.2) is 24.3 Å². The zero-order valence-electron chi connectivity index (χ0n) is 14.3. The molecule has 7 heteroatoms. The molecule has 0 saturated carbocycles. The third-order valence-electron chi connectivity index (χ3n) is 3.69. The molecule has 0 saturated heterocycles. The maximum Gasteiger partial charge on any atom is 0.258 e. The summed E-state index contributed by atoms with van der Waals surface area (Å²) in [5.41, 5.74) is 4.38. The highest BCUT2D eigenvalue weighted by molar-refractivity contribution is 7.92. The van der Waals surface area contributed by atoms with Gasteiger partial charge < -0.3 is 4.52 Å². The smallest absolute Gasteiger partial charge is 0.258 e. The van der Waals surface area contributed by atoms with E-state index in [1.807, 2.05) is 26.0 Å². The van der Waals surface area contributed by atoms with E-state index < -0.39 is 10.0 Å². The number of hydrogen-bond acceptors (Lipinski definition) is 5. The first-order valence-corrected chi connectivity index (χ1v) is 9.55. The molecule has 0 aliphatic heterocycles. The van der Waals surface area contributed by atoms with Crippen LogP contribution in [-0.2, 0) is 10.0 Å². The van der Waals surface area contributed by atoms with Crippen LogP contribution >= 0.6 is 0 Å². The molecule has 0 spiro atoms. The van der Waals surface area contributed by atoms with Gasteiger partial charge in [0.2, 0.25) is 15.8 Å².